The Kier molecular flexibility index (Phi) is 3.07. The van der Waals surface area contributed by atoms with Gasteiger partial charge in [-0.3, -0.25) is 0 Å². The van der Waals surface area contributed by atoms with Crippen LogP contribution in [0.15, 0.2) is 24.3 Å². The fourth-order valence-corrected chi connectivity index (χ4v) is 2.01. The van der Waals surface area contributed by atoms with Gasteiger partial charge in [-0.15, -0.1) is 0 Å². The van der Waals surface area contributed by atoms with Crippen molar-refractivity contribution in [3.05, 3.63) is 29.8 Å². The van der Waals surface area contributed by atoms with Gasteiger partial charge in [-0.25, -0.2) is 4.79 Å². The molecule has 0 aliphatic carbocycles. The molecule has 1 fully saturated rings. The molecule has 0 saturated carbocycles. The van der Waals surface area contributed by atoms with E-state index < -0.39 is 0 Å². The first kappa shape index (κ1) is 11.9. The minimum Gasteiger partial charge on any atom is -0.322 e. The zero-order valence-electron chi connectivity index (χ0n) is 10.4. The number of likely N-dealkylation sites (tertiary alicyclic amines) is 1. The Morgan fingerprint density at radius 2 is 2.24 bits per heavy atom. The first-order valence-corrected chi connectivity index (χ1v) is 5.94. The van der Waals surface area contributed by atoms with Gasteiger partial charge in [-0.1, -0.05) is 19.1 Å². The second-order valence-electron chi connectivity index (χ2n) is 4.87. The number of hydrogen-bond donors (Lipinski definition) is 2. The maximum Gasteiger partial charge on any atom is 0.321 e. The highest BCUT2D eigenvalue weighted by Gasteiger charge is 2.40. The normalized spacial score (nSPS) is 17.5. The average molecular weight is 233 g/mol. The van der Waals surface area contributed by atoms with Crippen molar-refractivity contribution in [2.75, 3.05) is 18.4 Å². The van der Waals surface area contributed by atoms with Gasteiger partial charge in [0.05, 0.1) is 5.54 Å². The molecule has 1 aromatic carbocycles. The number of anilines is 1. The number of benzene rings is 1. The molecule has 0 atom stereocenters. The third-order valence-corrected chi connectivity index (χ3v) is 3.27. The first-order chi connectivity index (χ1) is 8.02. The van der Waals surface area contributed by atoms with E-state index in [2.05, 4.69) is 12.2 Å². The number of amides is 2. The number of hydrogen-bond acceptors (Lipinski definition) is 2. The van der Waals surface area contributed by atoms with Crippen LogP contribution in [0.3, 0.4) is 0 Å². The summed E-state index contributed by atoms with van der Waals surface area (Å²) in [5.74, 6) is 0. The molecule has 17 heavy (non-hydrogen) atoms. The highest BCUT2D eigenvalue weighted by Crippen LogP contribution is 2.22. The summed E-state index contributed by atoms with van der Waals surface area (Å²) in [5.41, 5.74) is 7.82. The number of carbonyl (C=O) groups is 1. The first-order valence-electron chi connectivity index (χ1n) is 5.94. The number of aryl methyl sites for hydroxylation is 1. The van der Waals surface area contributed by atoms with E-state index in [0.29, 0.717) is 13.1 Å². The van der Waals surface area contributed by atoms with Crippen molar-refractivity contribution in [1.29, 1.82) is 0 Å². The molecular weight excluding hydrogens is 214 g/mol. The second-order valence-corrected chi connectivity index (χ2v) is 4.87. The Morgan fingerprint density at radius 3 is 2.82 bits per heavy atom. The maximum absolute atomic E-state index is 11.9. The van der Waals surface area contributed by atoms with E-state index in [9.17, 15) is 4.79 Å². The van der Waals surface area contributed by atoms with E-state index in [-0.39, 0.29) is 11.6 Å². The van der Waals surface area contributed by atoms with Crippen LogP contribution in [-0.4, -0.2) is 29.6 Å². The van der Waals surface area contributed by atoms with Crippen molar-refractivity contribution < 1.29 is 4.79 Å². The maximum atomic E-state index is 11.9. The van der Waals surface area contributed by atoms with Gasteiger partial charge in [0.2, 0.25) is 0 Å². The molecule has 0 unspecified atom stereocenters. The monoisotopic (exact) mass is 233 g/mol. The topological polar surface area (TPSA) is 58.4 Å². The molecule has 2 amide bonds. The van der Waals surface area contributed by atoms with Crippen molar-refractivity contribution in [2.45, 2.75) is 25.8 Å². The molecule has 4 nitrogen and oxygen atoms in total. The van der Waals surface area contributed by atoms with Crippen molar-refractivity contribution >= 4 is 11.7 Å². The lowest BCUT2D eigenvalue weighted by Crippen LogP contribution is -2.68. The van der Waals surface area contributed by atoms with Crippen LogP contribution in [-0.2, 0) is 0 Å². The lowest BCUT2D eigenvalue weighted by molar-refractivity contribution is 0.102. The highest BCUT2D eigenvalue weighted by molar-refractivity contribution is 5.90. The number of nitrogens with one attached hydrogen (secondary N) is 1. The molecule has 3 N–H and O–H groups in total. The average Bonchev–Trinajstić information content (AvgIpc) is 2.24. The SMILES string of the molecule is CCC1(N)CN(C(=O)Nc2cccc(C)c2)C1. The lowest BCUT2D eigenvalue weighted by atomic mass is 9.89. The third-order valence-electron chi connectivity index (χ3n) is 3.27. The third kappa shape index (κ3) is 2.58. The predicted octanol–water partition coefficient (Wildman–Crippen LogP) is 1.95. The van der Waals surface area contributed by atoms with Gasteiger partial charge in [0.15, 0.2) is 0 Å². The summed E-state index contributed by atoms with van der Waals surface area (Å²) in [5, 5.41) is 2.88. The zero-order chi connectivity index (χ0) is 12.5. The van der Waals surface area contributed by atoms with Crippen molar-refractivity contribution in [1.82, 2.24) is 4.90 Å². The molecule has 2 rings (SSSR count). The number of carbonyl (C=O) groups excluding carboxylic acids is 1. The van der Waals surface area contributed by atoms with Crippen molar-refractivity contribution in [3.63, 3.8) is 0 Å². The second kappa shape index (κ2) is 4.37. The lowest BCUT2D eigenvalue weighted by Gasteiger charge is -2.47. The molecule has 1 heterocycles. The molecule has 4 heteroatoms. The van der Waals surface area contributed by atoms with Gasteiger partial charge >= 0.3 is 6.03 Å². The van der Waals surface area contributed by atoms with Crippen LogP contribution in [0.5, 0.6) is 0 Å². The van der Waals surface area contributed by atoms with Crippen LogP contribution < -0.4 is 11.1 Å². The molecule has 0 spiro atoms. The summed E-state index contributed by atoms with van der Waals surface area (Å²) >= 11 is 0. The molecule has 1 saturated heterocycles. The van der Waals surface area contributed by atoms with E-state index in [0.717, 1.165) is 17.7 Å². The Hall–Kier alpha value is -1.55. The number of nitrogens with zero attached hydrogens (tertiary/aromatic N) is 1. The largest absolute Gasteiger partial charge is 0.322 e. The standard InChI is InChI=1S/C13H19N3O/c1-3-13(14)8-16(9-13)12(17)15-11-6-4-5-10(2)7-11/h4-7H,3,8-9,14H2,1-2H3,(H,15,17). The predicted molar refractivity (Wildman–Crippen MR) is 69.0 cm³/mol. The van der Waals surface area contributed by atoms with E-state index in [1.54, 1.807) is 4.90 Å². The summed E-state index contributed by atoms with van der Waals surface area (Å²) < 4.78 is 0. The van der Waals surface area contributed by atoms with Gasteiger partial charge in [0.1, 0.15) is 0 Å². The molecule has 0 aromatic heterocycles. The number of nitrogens with two attached hydrogens (primary N) is 1. The Balaban J connectivity index is 1.91. The summed E-state index contributed by atoms with van der Waals surface area (Å²) in [7, 11) is 0. The van der Waals surface area contributed by atoms with Crippen molar-refractivity contribution in [3.8, 4) is 0 Å². The van der Waals surface area contributed by atoms with Crippen LogP contribution in [0.4, 0.5) is 10.5 Å². The molecule has 0 radical (unpaired) electrons. The van der Waals surface area contributed by atoms with Crippen LogP contribution >= 0.6 is 0 Å². The van der Waals surface area contributed by atoms with Gasteiger partial charge in [-0.05, 0) is 31.0 Å². The van der Waals surface area contributed by atoms with E-state index in [4.69, 9.17) is 5.73 Å². The Morgan fingerprint density at radius 1 is 1.53 bits per heavy atom. The zero-order valence-corrected chi connectivity index (χ0v) is 10.4. The summed E-state index contributed by atoms with van der Waals surface area (Å²) in [4.78, 5) is 13.6. The highest BCUT2D eigenvalue weighted by atomic mass is 16.2. The van der Waals surface area contributed by atoms with Crippen molar-refractivity contribution in [2.24, 2.45) is 5.73 Å². The number of urea groups is 1. The van der Waals surface area contributed by atoms with Gasteiger partial charge in [0.25, 0.3) is 0 Å². The molecular formula is C13H19N3O. The molecule has 1 aliphatic rings. The summed E-state index contributed by atoms with van der Waals surface area (Å²) in [6.45, 7) is 5.33. The van der Waals surface area contributed by atoms with E-state index in [1.807, 2.05) is 31.2 Å². The van der Waals surface area contributed by atoms with Gasteiger partial charge < -0.3 is 16.0 Å². The Labute approximate surface area is 102 Å². The van der Waals surface area contributed by atoms with E-state index >= 15 is 0 Å². The summed E-state index contributed by atoms with van der Waals surface area (Å²) in [6.07, 6.45) is 0.904. The van der Waals surface area contributed by atoms with Crippen LogP contribution in [0.1, 0.15) is 18.9 Å². The van der Waals surface area contributed by atoms with Crippen LogP contribution in [0, 0.1) is 6.92 Å². The van der Waals surface area contributed by atoms with Crippen LogP contribution in [0.25, 0.3) is 0 Å². The van der Waals surface area contributed by atoms with Gasteiger partial charge in [-0.2, -0.15) is 0 Å². The van der Waals surface area contributed by atoms with Gasteiger partial charge in [0, 0.05) is 18.8 Å². The van der Waals surface area contributed by atoms with E-state index in [1.165, 1.54) is 0 Å². The molecule has 92 valence electrons. The fourth-order valence-electron chi connectivity index (χ4n) is 2.01. The molecule has 1 aromatic rings. The smallest absolute Gasteiger partial charge is 0.321 e. The molecule has 0 bridgehead atoms. The quantitative estimate of drug-likeness (QED) is 0.820. The minimum absolute atomic E-state index is 0.0647. The number of rotatable bonds is 2. The summed E-state index contributed by atoms with van der Waals surface area (Å²) in [6, 6.07) is 7.71. The molecule has 1 aliphatic heterocycles. The minimum atomic E-state index is -0.177. The fraction of sp³-hybridized carbons (Fsp3) is 0.462. The van der Waals surface area contributed by atoms with Crippen LogP contribution in [0.2, 0.25) is 0 Å². The Bertz CT molecular complexity index is 424.